The average molecular weight is 230 g/mol. The fourth-order valence-electron chi connectivity index (χ4n) is 2.22. The Labute approximate surface area is 99.2 Å². The zero-order chi connectivity index (χ0) is 11.7. The lowest BCUT2D eigenvalue weighted by Gasteiger charge is -2.27. The fraction of sp³-hybridized carbons (Fsp3) is 0.385. The maximum atomic E-state index is 10.7. The zero-order valence-corrected chi connectivity index (χ0v) is 9.50. The summed E-state index contributed by atoms with van der Waals surface area (Å²) in [7, 11) is 0. The fourth-order valence-corrected chi connectivity index (χ4v) is 2.22. The standard InChI is InChI=1S/C13H14N2O2/c16-9-10-5-7-15(8-6-10)13-14-11-3-1-2-4-12(11)17-13/h1-4,9-10H,5-8H2. The number of fused-ring (bicyclic) bond motifs is 1. The third kappa shape index (κ3) is 1.90. The Bertz CT molecular complexity index is 494. The van der Waals surface area contributed by atoms with Gasteiger partial charge in [-0.05, 0) is 25.0 Å². The molecule has 1 fully saturated rings. The van der Waals surface area contributed by atoms with Crippen LogP contribution in [0.1, 0.15) is 12.8 Å². The van der Waals surface area contributed by atoms with E-state index in [9.17, 15) is 4.79 Å². The molecule has 2 aromatic rings. The highest BCUT2D eigenvalue weighted by Gasteiger charge is 2.21. The molecule has 0 N–H and O–H groups in total. The first kappa shape index (κ1) is 10.3. The number of para-hydroxylation sites is 2. The van der Waals surface area contributed by atoms with Gasteiger partial charge in [-0.15, -0.1) is 0 Å². The van der Waals surface area contributed by atoms with Crippen molar-refractivity contribution in [1.29, 1.82) is 0 Å². The van der Waals surface area contributed by atoms with Gasteiger partial charge in [-0.1, -0.05) is 12.1 Å². The van der Waals surface area contributed by atoms with E-state index < -0.39 is 0 Å². The van der Waals surface area contributed by atoms with Gasteiger partial charge in [-0.25, -0.2) is 0 Å². The number of oxazole rings is 1. The number of aromatic nitrogens is 1. The summed E-state index contributed by atoms with van der Waals surface area (Å²) in [6, 6.07) is 8.43. The molecule has 0 atom stereocenters. The van der Waals surface area contributed by atoms with Gasteiger partial charge < -0.3 is 14.1 Å². The molecule has 0 saturated carbocycles. The molecule has 2 heterocycles. The second kappa shape index (κ2) is 4.20. The first-order valence-corrected chi connectivity index (χ1v) is 5.92. The predicted molar refractivity (Wildman–Crippen MR) is 65.0 cm³/mol. The van der Waals surface area contributed by atoms with E-state index in [4.69, 9.17) is 4.42 Å². The molecule has 1 saturated heterocycles. The Kier molecular flexibility index (Phi) is 2.55. The minimum absolute atomic E-state index is 0.204. The van der Waals surface area contributed by atoms with Crippen molar-refractivity contribution in [3.05, 3.63) is 24.3 Å². The zero-order valence-electron chi connectivity index (χ0n) is 9.50. The number of hydrogen-bond donors (Lipinski definition) is 0. The molecule has 1 aliphatic rings. The second-order valence-electron chi connectivity index (χ2n) is 4.42. The highest BCUT2D eigenvalue weighted by molar-refractivity contribution is 5.74. The summed E-state index contributed by atoms with van der Waals surface area (Å²) in [5.74, 6) is 0.204. The first-order valence-electron chi connectivity index (χ1n) is 5.92. The molecule has 17 heavy (non-hydrogen) atoms. The van der Waals surface area contributed by atoms with Crippen LogP contribution in [0, 0.1) is 5.92 Å². The van der Waals surface area contributed by atoms with E-state index >= 15 is 0 Å². The van der Waals surface area contributed by atoms with Crippen molar-refractivity contribution in [2.24, 2.45) is 5.92 Å². The quantitative estimate of drug-likeness (QED) is 0.742. The summed E-state index contributed by atoms with van der Waals surface area (Å²) in [4.78, 5) is 17.3. The average Bonchev–Trinajstić information content (AvgIpc) is 2.82. The Morgan fingerprint density at radius 2 is 2.06 bits per heavy atom. The molecule has 3 rings (SSSR count). The third-order valence-corrected chi connectivity index (χ3v) is 3.29. The van der Waals surface area contributed by atoms with Crippen LogP contribution in [-0.2, 0) is 4.79 Å². The monoisotopic (exact) mass is 230 g/mol. The number of benzene rings is 1. The molecule has 0 aliphatic carbocycles. The molecule has 1 aromatic carbocycles. The number of aldehydes is 1. The third-order valence-electron chi connectivity index (χ3n) is 3.29. The molecule has 1 aliphatic heterocycles. The van der Waals surface area contributed by atoms with Crippen LogP contribution in [0.5, 0.6) is 0 Å². The number of anilines is 1. The van der Waals surface area contributed by atoms with Crippen LogP contribution in [0.3, 0.4) is 0 Å². The predicted octanol–water partition coefficient (Wildman–Crippen LogP) is 2.24. The van der Waals surface area contributed by atoms with Crippen LogP contribution in [-0.4, -0.2) is 24.4 Å². The van der Waals surface area contributed by atoms with Gasteiger partial charge in [-0.3, -0.25) is 0 Å². The van der Waals surface area contributed by atoms with Gasteiger partial charge in [0.25, 0.3) is 6.01 Å². The van der Waals surface area contributed by atoms with Crippen LogP contribution in [0.4, 0.5) is 6.01 Å². The summed E-state index contributed by atoms with van der Waals surface area (Å²) in [6.45, 7) is 1.69. The van der Waals surface area contributed by atoms with Gasteiger partial charge in [0.05, 0.1) is 0 Å². The molecule has 0 unspecified atom stereocenters. The highest BCUT2D eigenvalue weighted by atomic mass is 16.4. The van der Waals surface area contributed by atoms with Crippen molar-refractivity contribution in [2.75, 3.05) is 18.0 Å². The van der Waals surface area contributed by atoms with Crippen molar-refractivity contribution in [3.8, 4) is 0 Å². The Morgan fingerprint density at radius 3 is 2.76 bits per heavy atom. The van der Waals surface area contributed by atoms with Gasteiger partial charge in [-0.2, -0.15) is 4.98 Å². The SMILES string of the molecule is O=CC1CCN(c2nc3ccccc3o2)CC1. The normalized spacial score (nSPS) is 17.5. The summed E-state index contributed by atoms with van der Waals surface area (Å²) < 4.78 is 5.70. The number of carbonyl (C=O) groups excluding carboxylic acids is 1. The minimum atomic E-state index is 0.204. The van der Waals surface area contributed by atoms with Crippen molar-refractivity contribution in [1.82, 2.24) is 4.98 Å². The van der Waals surface area contributed by atoms with E-state index in [1.807, 2.05) is 24.3 Å². The number of rotatable bonds is 2. The molecule has 88 valence electrons. The van der Waals surface area contributed by atoms with Gasteiger partial charge >= 0.3 is 0 Å². The lowest BCUT2D eigenvalue weighted by atomic mass is 9.99. The number of piperidine rings is 1. The van der Waals surface area contributed by atoms with Gasteiger partial charge in [0.15, 0.2) is 5.58 Å². The maximum Gasteiger partial charge on any atom is 0.298 e. The Hall–Kier alpha value is -1.84. The molecule has 0 bridgehead atoms. The van der Waals surface area contributed by atoms with Crippen LogP contribution >= 0.6 is 0 Å². The number of carbonyl (C=O) groups is 1. The highest BCUT2D eigenvalue weighted by Crippen LogP contribution is 2.25. The molecule has 4 heteroatoms. The molecular weight excluding hydrogens is 216 g/mol. The first-order chi connectivity index (χ1) is 8.36. The van der Waals surface area contributed by atoms with Crippen LogP contribution in [0.25, 0.3) is 11.1 Å². The topological polar surface area (TPSA) is 46.3 Å². The molecule has 0 radical (unpaired) electrons. The van der Waals surface area contributed by atoms with E-state index in [2.05, 4.69) is 9.88 Å². The maximum absolute atomic E-state index is 10.7. The van der Waals surface area contributed by atoms with Crippen LogP contribution in [0.2, 0.25) is 0 Å². The van der Waals surface area contributed by atoms with E-state index in [0.717, 1.165) is 43.3 Å². The van der Waals surface area contributed by atoms with E-state index in [0.29, 0.717) is 6.01 Å². The van der Waals surface area contributed by atoms with Crippen molar-refractivity contribution >= 4 is 23.4 Å². The summed E-state index contributed by atoms with van der Waals surface area (Å²) >= 11 is 0. The molecule has 1 aromatic heterocycles. The minimum Gasteiger partial charge on any atom is -0.423 e. The lowest BCUT2D eigenvalue weighted by Crippen LogP contribution is -2.34. The molecule has 4 nitrogen and oxygen atoms in total. The van der Waals surface area contributed by atoms with E-state index in [-0.39, 0.29) is 5.92 Å². The Morgan fingerprint density at radius 1 is 1.29 bits per heavy atom. The van der Waals surface area contributed by atoms with Gasteiger partial charge in [0.1, 0.15) is 11.8 Å². The van der Waals surface area contributed by atoms with Gasteiger partial charge in [0.2, 0.25) is 0 Å². The van der Waals surface area contributed by atoms with Gasteiger partial charge in [0, 0.05) is 19.0 Å². The number of hydrogen-bond acceptors (Lipinski definition) is 4. The lowest BCUT2D eigenvalue weighted by molar-refractivity contribution is -0.111. The van der Waals surface area contributed by atoms with Crippen LogP contribution in [0.15, 0.2) is 28.7 Å². The van der Waals surface area contributed by atoms with E-state index in [1.165, 1.54) is 0 Å². The summed E-state index contributed by atoms with van der Waals surface area (Å²) in [5, 5.41) is 0. The second-order valence-corrected chi connectivity index (χ2v) is 4.42. The van der Waals surface area contributed by atoms with Crippen molar-refractivity contribution < 1.29 is 9.21 Å². The molecule has 0 spiro atoms. The summed E-state index contributed by atoms with van der Waals surface area (Å²) in [6.07, 6.45) is 2.84. The van der Waals surface area contributed by atoms with Crippen LogP contribution < -0.4 is 4.90 Å². The molecule has 0 amide bonds. The van der Waals surface area contributed by atoms with E-state index in [1.54, 1.807) is 0 Å². The van der Waals surface area contributed by atoms with Crippen molar-refractivity contribution in [2.45, 2.75) is 12.8 Å². The molecular formula is C13H14N2O2. The summed E-state index contributed by atoms with van der Waals surface area (Å²) in [5.41, 5.74) is 1.71. The Balaban J connectivity index is 1.82. The largest absolute Gasteiger partial charge is 0.423 e. The number of nitrogens with zero attached hydrogens (tertiary/aromatic N) is 2. The van der Waals surface area contributed by atoms with Crippen molar-refractivity contribution in [3.63, 3.8) is 0 Å². The smallest absolute Gasteiger partial charge is 0.298 e.